The second kappa shape index (κ2) is 4.94. The molecular weight excluding hydrogens is 235 g/mol. The van der Waals surface area contributed by atoms with Gasteiger partial charge in [-0.2, -0.15) is 0 Å². The Morgan fingerprint density at radius 2 is 2.28 bits per heavy atom. The van der Waals surface area contributed by atoms with Crippen molar-refractivity contribution >= 4 is 5.91 Å². The standard InChI is InChI=1S/C13H17FN2O2/c1-18-11-7-9(3-4-10(11)14)12(17)16-13(8-15)5-2-6-13/h3-4,7H,2,5-6,8,15H2,1H3,(H,16,17). The van der Waals surface area contributed by atoms with Crippen molar-refractivity contribution in [3.05, 3.63) is 29.6 Å². The Bertz CT molecular complexity index is 453. The van der Waals surface area contributed by atoms with E-state index in [1.807, 2.05) is 0 Å². The molecule has 5 heteroatoms. The number of hydrogen-bond acceptors (Lipinski definition) is 3. The highest BCUT2D eigenvalue weighted by Gasteiger charge is 2.37. The minimum absolute atomic E-state index is 0.0676. The second-order valence-corrected chi connectivity index (χ2v) is 4.64. The molecule has 0 saturated heterocycles. The fourth-order valence-electron chi connectivity index (χ4n) is 2.10. The Morgan fingerprint density at radius 1 is 1.56 bits per heavy atom. The van der Waals surface area contributed by atoms with E-state index in [9.17, 15) is 9.18 Å². The van der Waals surface area contributed by atoms with E-state index in [1.165, 1.54) is 25.3 Å². The van der Waals surface area contributed by atoms with Crippen LogP contribution in [0.3, 0.4) is 0 Å². The van der Waals surface area contributed by atoms with Crippen LogP contribution in [-0.2, 0) is 0 Å². The lowest BCUT2D eigenvalue weighted by Crippen LogP contribution is -2.58. The third-order valence-corrected chi connectivity index (χ3v) is 3.49. The maximum absolute atomic E-state index is 13.2. The first-order valence-electron chi connectivity index (χ1n) is 5.96. The molecular formula is C13H17FN2O2. The van der Waals surface area contributed by atoms with Gasteiger partial charge in [0.05, 0.1) is 12.6 Å². The van der Waals surface area contributed by atoms with Crippen molar-refractivity contribution in [2.45, 2.75) is 24.8 Å². The van der Waals surface area contributed by atoms with Gasteiger partial charge in [-0.25, -0.2) is 4.39 Å². The lowest BCUT2D eigenvalue weighted by Gasteiger charge is -2.41. The van der Waals surface area contributed by atoms with E-state index in [4.69, 9.17) is 10.5 Å². The topological polar surface area (TPSA) is 64.3 Å². The molecule has 1 fully saturated rings. The Balaban J connectivity index is 2.13. The Kier molecular flexibility index (Phi) is 3.52. The molecule has 2 rings (SSSR count). The summed E-state index contributed by atoms with van der Waals surface area (Å²) in [4.78, 5) is 12.0. The summed E-state index contributed by atoms with van der Waals surface area (Å²) in [6.45, 7) is 0.428. The van der Waals surface area contributed by atoms with Crippen molar-refractivity contribution in [1.29, 1.82) is 0 Å². The molecule has 1 aliphatic rings. The van der Waals surface area contributed by atoms with Crippen molar-refractivity contribution < 1.29 is 13.9 Å². The van der Waals surface area contributed by atoms with Crippen LogP contribution in [-0.4, -0.2) is 25.1 Å². The molecule has 1 aromatic carbocycles. The van der Waals surface area contributed by atoms with Crippen molar-refractivity contribution in [2.75, 3.05) is 13.7 Å². The van der Waals surface area contributed by atoms with Gasteiger partial charge in [0, 0.05) is 12.1 Å². The summed E-state index contributed by atoms with van der Waals surface area (Å²) < 4.78 is 18.1. The van der Waals surface area contributed by atoms with Crippen molar-refractivity contribution in [3.8, 4) is 5.75 Å². The minimum Gasteiger partial charge on any atom is -0.494 e. The fraction of sp³-hybridized carbons (Fsp3) is 0.462. The summed E-state index contributed by atoms with van der Waals surface area (Å²) in [5, 5.41) is 2.92. The van der Waals surface area contributed by atoms with E-state index in [2.05, 4.69) is 5.32 Å². The number of hydrogen-bond donors (Lipinski definition) is 2. The summed E-state index contributed by atoms with van der Waals surface area (Å²) >= 11 is 0. The molecule has 98 valence electrons. The molecule has 0 heterocycles. The highest BCUT2D eigenvalue weighted by molar-refractivity contribution is 5.95. The Labute approximate surface area is 105 Å². The van der Waals surface area contributed by atoms with E-state index in [0.717, 1.165) is 19.3 Å². The van der Waals surface area contributed by atoms with E-state index >= 15 is 0 Å². The molecule has 4 nitrogen and oxygen atoms in total. The van der Waals surface area contributed by atoms with Gasteiger partial charge in [-0.05, 0) is 37.5 Å². The molecule has 0 atom stereocenters. The zero-order valence-corrected chi connectivity index (χ0v) is 10.3. The fourth-order valence-corrected chi connectivity index (χ4v) is 2.10. The van der Waals surface area contributed by atoms with Gasteiger partial charge in [0.25, 0.3) is 5.91 Å². The monoisotopic (exact) mass is 252 g/mol. The zero-order chi connectivity index (χ0) is 13.2. The summed E-state index contributed by atoms with van der Waals surface area (Å²) in [6, 6.07) is 4.06. The summed E-state index contributed by atoms with van der Waals surface area (Å²) in [7, 11) is 1.37. The van der Waals surface area contributed by atoms with Gasteiger partial charge in [0.1, 0.15) is 0 Å². The van der Waals surface area contributed by atoms with Crippen LogP contribution in [0.1, 0.15) is 29.6 Å². The maximum atomic E-state index is 13.2. The lowest BCUT2D eigenvalue weighted by molar-refractivity contribution is 0.0837. The van der Waals surface area contributed by atoms with Crippen LogP contribution in [0.15, 0.2) is 18.2 Å². The average molecular weight is 252 g/mol. The molecule has 1 amide bonds. The van der Waals surface area contributed by atoms with Gasteiger partial charge >= 0.3 is 0 Å². The number of methoxy groups -OCH3 is 1. The van der Waals surface area contributed by atoms with Crippen LogP contribution in [0.2, 0.25) is 0 Å². The van der Waals surface area contributed by atoms with Gasteiger partial charge in [0.15, 0.2) is 11.6 Å². The van der Waals surface area contributed by atoms with Crippen LogP contribution in [0.5, 0.6) is 5.75 Å². The zero-order valence-electron chi connectivity index (χ0n) is 10.3. The molecule has 3 N–H and O–H groups in total. The third kappa shape index (κ3) is 2.31. The SMILES string of the molecule is COc1cc(C(=O)NC2(CN)CCC2)ccc1F. The average Bonchev–Trinajstić information content (AvgIpc) is 2.34. The lowest BCUT2D eigenvalue weighted by atomic mass is 9.76. The Hall–Kier alpha value is -1.62. The molecule has 0 aliphatic heterocycles. The molecule has 0 spiro atoms. The van der Waals surface area contributed by atoms with Crippen molar-refractivity contribution in [1.82, 2.24) is 5.32 Å². The number of benzene rings is 1. The number of amides is 1. The van der Waals surface area contributed by atoms with Crippen LogP contribution >= 0.6 is 0 Å². The molecule has 0 unspecified atom stereocenters. The largest absolute Gasteiger partial charge is 0.494 e. The number of carbonyl (C=O) groups is 1. The first-order chi connectivity index (χ1) is 8.60. The molecule has 0 bridgehead atoms. The highest BCUT2D eigenvalue weighted by Crippen LogP contribution is 2.31. The first-order valence-corrected chi connectivity index (χ1v) is 5.96. The summed E-state index contributed by atoms with van der Waals surface area (Å²) in [6.07, 6.45) is 2.87. The molecule has 18 heavy (non-hydrogen) atoms. The smallest absolute Gasteiger partial charge is 0.251 e. The van der Waals surface area contributed by atoms with E-state index < -0.39 is 5.82 Å². The van der Waals surface area contributed by atoms with Crippen LogP contribution in [0, 0.1) is 5.82 Å². The van der Waals surface area contributed by atoms with Crippen LogP contribution < -0.4 is 15.8 Å². The van der Waals surface area contributed by atoms with Crippen molar-refractivity contribution in [3.63, 3.8) is 0 Å². The van der Waals surface area contributed by atoms with Gasteiger partial charge in [-0.1, -0.05) is 0 Å². The third-order valence-electron chi connectivity index (χ3n) is 3.49. The number of nitrogens with one attached hydrogen (secondary N) is 1. The predicted molar refractivity (Wildman–Crippen MR) is 66.1 cm³/mol. The highest BCUT2D eigenvalue weighted by atomic mass is 19.1. The normalized spacial score (nSPS) is 16.8. The molecule has 1 aromatic rings. The second-order valence-electron chi connectivity index (χ2n) is 4.64. The summed E-state index contributed by atoms with van der Waals surface area (Å²) in [5.41, 5.74) is 5.78. The summed E-state index contributed by atoms with van der Waals surface area (Å²) in [5.74, 6) is -0.650. The van der Waals surface area contributed by atoms with Gasteiger partial charge in [-0.15, -0.1) is 0 Å². The van der Waals surface area contributed by atoms with Gasteiger partial charge in [-0.3, -0.25) is 4.79 Å². The maximum Gasteiger partial charge on any atom is 0.251 e. The molecule has 1 aliphatic carbocycles. The number of rotatable bonds is 4. The number of carbonyl (C=O) groups excluding carboxylic acids is 1. The number of nitrogens with two attached hydrogens (primary N) is 1. The van der Waals surface area contributed by atoms with E-state index in [0.29, 0.717) is 12.1 Å². The number of ether oxygens (including phenoxy) is 1. The molecule has 1 saturated carbocycles. The van der Waals surface area contributed by atoms with E-state index in [-0.39, 0.29) is 17.2 Å². The van der Waals surface area contributed by atoms with E-state index in [1.54, 1.807) is 0 Å². The van der Waals surface area contributed by atoms with Crippen molar-refractivity contribution in [2.24, 2.45) is 5.73 Å². The Morgan fingerprint density at radius 3 is 2.78 bits per heavy atom. The van der Waals surface area contributed by atoms with Crippen LogP contribution in [0.25, 0.3) is 0 Å². The minimum atomic E-state index is -0.480. The molecule has 0 aromatic heterocycles. The van der Waals surface area contributed by atoms with Crippen LogP contribution in [0.4, 0.5) is 4.39 Å². The number of halogens is 1. The first kappa shape index (κ1) is 12.8. The predicted octanol–water partition coefficient (Wildman–Crippen LogP) is 1.45. The van der Waals surface area contributed by atoms with Gasteiger partial charge < -0.3 is 15.8 Å². The van der Waals surface area contributed by atoms with Gasteiger partial charge in [0.2, 0.25) is 0 Å². The molecule has 0 radical (unpaired) electrons. The quantitative estimate of drug-likeness (QED) is 0.852.